The zero-order valence-electron chi connectivity index (χ0n) is 7.47. The summed E-state index contributed by atoms with van der Waals surface area (Å²) in [6.07, 6.45) is -0.891. The van der Waals surface area contributed by atoms with E-state index in [4.69, 9.17) is 10.2 Å². The first kappa shape index (κ1) is 10.3. The number of anilines is 1. The highest BCUT2D eigenvalue weighted by Gasteiger charge is 2.15. The molecule has 1 rings (SSSR count). The maximum Gasteiger partial charge on any atom is 0.296 e. The molecule has 0 fully saturated rings. The number of hydrogen-bond donors (Lipinski definition) is 3. The van der Waals surface area contributed by atoms with Gasteiger partial charge in [0.25, 0.3) is 5.69 Å². The van der Waals surface area contributed by atoms with Gasteiger partial charge in [-0.05, 0) is 19.1 Å². The zero-order chi connectivity index (χ0) is 10.7. The van der Waals surface area contributed by atoms with Gasteiger partial charge in [0, 0.05) is 0 Å². The summed E-state index contributed by atoms with van der Waals surface area (Å²) in [5, 5.41) is 31.0. The van der Waals surface area contributed by atoms with E-state index in [1.54, 1.807) is 0 Å². The van der Waals surface area contributed by atoms with Crippen molar-refractivity contribution < 1.29 is 15.1 Å². The lowest BCUT2D eigenvalue weighted by atomic mass is 10.2. The number of nitrogens with zero attached hydrogens (tertiary/aromatic N) is 1. The summed E-state index contributed by atoms with van der Waals surface area (Å²) >= 11 is 0. The fraction of sp³-hybridized carbons (Fsp3) is 0.250. The fourth-order valence-electron chi connectivity index (χ4n) is 1.02. The molecule has 0 bridgehead atoms. The van der Waals surface area contributed by atoms with E-state index < -0.39 is 11.2 Å². The van der Waals surface area contributed by atoms with Gasteiger partial charge in [0.15, 0.2) is 0 Å². The lowest BCUT2D eigenvalue weighted by Gasteiger charge is -2.09. The Morgan fingerprint density at radius 1 is 1.57 bits per heavy atom. The number of nitro benzene ring substituents is 1. The molecule has 0 amide bonds. The number of benzene rings is 1. The Kier molecular flexibility index (Phi) is 2.88. The predicted octanol–water partition coefficient (Wildman–Crippen LogP) is 1.05. The molecule has 6 heteroatoms. The molecule has 1 aromatic carbocycles. The van der Waals surface area contributed by atoms with Crippen molar-refractivity contribution in [3.05, 3.63) is 28.3 Å². The second kappa shape index (κ2) is 3.93. The molecule has 0 saturated heterocycles. The van der Waals surface area contributed by atoms with Crippen molar-refractivity contribution in [3.63, 3.8) is 0 Å². The Morgan fingerprint density at radius 3 is 2.71 bits per heavy atom. The Morgan fingerprint density at radius 2 is 2.21 bits per heavy atom. The Labute approximate surface area is 80.0 Å². The maximum absolute atomic E-state index is 10.5. The molecule has 0 aliphatic heterocycles. The van der Waals surface area contributed by atoms with E-state index in [1.807, 2.05) is 0 Å². The standard InChI is InChI=1S/C8H10N2O4/c1-5(11)9-7-3-2-6(12)4-8(7)10(13)14/h2-5,9,11-12H,1H3. The Hall–Kier alpha value is -1.82. The number of aliphatic hydroxyl groups is 1. The molecule has 0 heterocycles. The van der Waals surface area contributed by atoms with E-state index >= 15 is 0 Å². The van der Waals surface area contributed by atoms with E-state index in [2.05, 4.69) is 5.32 Å². The van der Waals surface area contributed by atoms with Gasteiger partial charge in [-0.1, -0.05) is 0 Å². The van der Waals surface area contributed by atoms with E-state index in [-0.39, 0.29) is 17.1 Å². The lowest BCUT2D eigenvalue weighted by molar-refractivity contribution is -0.384. The van der Waals surface area contributed by atoms with Crippen LogP contribution in [0.5, 0.6) is 5.75 Å². The minimum Gasteiger partial charge on any atom is -0.508 e. The van der Waals surface area contributed by atoms with E-state index in [0.29, 0.717) is 0 Å². The minimum absolute atomic E-state index is 0.169. The predicted molar refractivity (Wildman–Crippen MR) is 50.1 cm³/mol. The topological polar surface area (TPSA) is 95.6 Å². The van der Waals surface area contributed by atoms with Crippen LogP contribution in [0, 0.1) is 10.1 Å². The first-order valence-corrected chi connectivity index (χ1v) is 3.92. The third-order valence-electron chi connectivity index (χ3n) is 1.54. The van der Waals surface area contributed by atoms with Crippen molar-refractivity contribution in [2.45, 2.75) is 13.2 Å². The van der Waals surface area contributed by atoms with Crippen molar-refractivity contribution in [1.82, 2.24) is 0 Å². The van der Waals surface area contributed by atoms with Gasteiger partial charge in [0.1, 0.15) is 17.7 Å². The van der Waals surface area contributed by atoms with Crippen molar-refractivity contribution in [2.75, 3.05) is 5.32 Å². The molecule has 0 saturated carbocycles. The number of aromatic hydroxyl groups is 1. The highest BCUT2D eigenvalue weighted by atomic mass is 16.6. The summed E-state index contributed by atoms with van der Waals surface area (Å²) < 4.78 is 0. The van der Waals surface area contributed by atoms with Gasteiger partial charge in [-0.25, -0.2) is 0 Å². The minimum atomic E-state index is -0.891. The molecule has 1 atom stereocenters. The van der Waals surface area contributed by atoms with E-state index in [9.17, 15) is 10.1 Å². The van der Waals surface area contributed by atoms with Gasteiger partial charge in [-0.15, -0.1) is 0 Å². The van der Waals surface area contributed by atoms with Crippen LogP contribution in [0.15, 0.2) is 18.2 Å². The summed E-state index contributed by atoms with van der Waals surface area (Å²) in [4.78, 5) is 9.89. The lowest BCUT2D eigenvalue weighted by Crippen LogP contribution is -2.14. The molecule has 14 heavy (non-hydrogen) atoms. The highest BCUT2D eigenvalue weighted by Crippen LogP contribution is 2.28. The number of phenols is 1. The van der Waals surface area contributed by atoms with Gasteiger partial charge in [0.2, 0.25) is 0 Å². The van der Waals surface area contributed by atoms with Crippen LogP contribution in [0.2, 0.25) is 0 Å². The molecule has 1 unspecified atom stereocenters. The quantitative estimate of drug-likeness (QED) is 0.292. The number of nitrogens with one attached hydrogen (secondary N) is 1. The molecule has 0 spiro atoms. The highest BCUT2D eigenvalue weighted by molar-refractivity contribution is 5.63. The molecular weight excluding hydrogens is 188 g/mol. The number of rotatable bonds is 3. The summed E-state index contributed by atoms with van der Waals surface area (Å²) in [7, 11) is 0. The van der Waals surface area contributed by atoms with Crippen LogP contribution in [0.4, 0.5) is 11.4 Å². The largest absolute Gasteiger partial charge is 0.508 e. The summed E-state index contributed by atoms with van der Waals surface area (Å²) in [6, 6.07) is 3.66. The Bertz CT molecular complexity index is 351. The molecule has 1 aromatic rings. The van der Waals surface area contributed by atoms with Crippen LogP contribution in [0.25, 0.3) is 0 Å². The smallest absolute Gasteiger partial charge is 0.296 e. The van der Waals surface area contributed by atoms with Crippen LogP contribution >= 0.6 is 0 Å². The van der Waals surface area contributed by atoms with E-state index in [0.717, 1.165) is 6.07 Å². The first-order valence-electron chi connectivity index (χ1n) is 3.92. The van der Waals surface area contributed by atoms with Gasteiger partial charge in [-0.3, -0.25) is 10.1 Å². The van der Waals surface area contributed by atoms with Crippen molar-refractivity contribution >= 4 is 11.4 Å². The third-order valence-corrected chi connectivity index (χ3v) is 1.54. The number of aliphatic hydroxyl groups excluding tert-OH is 1. The number of nitro groups is 1. The second-order valence-corrected chi connectivity index (χ2v) is 2.78. The molecular formula is C8H10N2O4. The fourth-order valence-corrected chi connectivity index (χ4v) is 1.02. The average molecular weight is 198 g/mol. The van der Waals surface area contributed by atoms with Crippen LogP contribution in [-0.2, 0) is 0 Å². The summed E-state index contributed by atoms with van der Waals surface area (Å²) in [6.45, 7) is 1.44. The van der Waals surface area contributed by atoms with Crippen LogP contribution in [-0.4, -0.2) is 21.4 Å². The normalized spacial score (nSPS) is 12.1. The molecule has 0 aliphatic carbocycles. The molecule has 6 nitrogen and oxygen atoms in total. The second-order valence-electron chi connectivity index (χ2n) is 2.78. The molecule has 0 radical (unpaired) electrons. The van der Waals surface area contributed by atoms with E-state index in [1.165, 1.54) is 19.1 Å². The number of phenolic OH excluding ortho intramolecular Hbond substituents is 1. The average Bonchev–Trinajstić information content (AvgIpc) is 2.07. The van der Waals surface area contributed by atoms with Crippen molar-refractivity contribution in [1.29, 1.82) is 0 Å². The van der Waals surface area contributed by atoms with Gasteiger partial charge in [-0.2, -0.15) is 0 Å². The van der Waals surface area contributed by atoms with Gasteiger partial charge in [0.05, 0.1) is 11.0 Å². The Balaban J connectivity index is 3.08. The molecule has 3 N–H and O–H groups in total. The SMILES string of the molecule is CC(O)Nc1ccc(O)cc1[N+](=O)[O-]. The summed E-state index contributed by atoms with van der Waals surface area (Å²) in [5.74, 6) is -0.187. The van der Waals surface area contributed by atoms with Gasteiger partial charge < -0.3 is 15.5 Å². The summed E-state index contributed by atoms with van der Waals surface area (Å²) in [5.41, 5.74) is -0.103. The third kappa shape index (κ3) is 2.33. The zero-order valence-corrected chi connectivity index (χ0v) is 7.47. The van der Waals surface area contributed by atoms with Crippen molar-refractivity contribution in [3.8, 4) is 5.75 Å². The van der Waals surface area contributed by atoms with Crippen LogP contribution in [0.3, 0.4) is 0 Å². The molecule has 0 aliphatic rings. The van der Waals surface area contributed by atoms with Crippen LogP contribution in [0.1, 0.15) is 6.92 Å². The number of hydrogen-bond acceptors (Lipinski definition) is 5. The molecule has 76 valence electrons. The monoisotopic (exact) mass is 198 g/mol. The van der Waals surface area contributed by atoms with Crippen molar-refractivity contribution in [2.24, 2.45) is 0 Å². The first-order chi connectivity index (χ1) is 6.50. The molecule has 0 aromatic heterocycles. The maximum atomic E-state index is 10.5. The van der Waals surface area contributed by atoms with Crippen LogP contribution < -0.4 is 5.32 Å². The van der Waals surface area contributed by atoms with Gasteiger partial charge >= 0.3 is 0 Å².